The molecule has 1 aromatic heterocycles. The maximum absolute atomic E-state index is 5.93. The van der Waals surface area contributed by atoms with Gasteiger partial charge in [0, 0.05) is 26.2 Å². The van der Waals surface area contributed by atoms with Crippen LogP contribution in [0, 0.1) is 0 Å². The van der Waals surface area contributed by atoms with Crippen molar-refractivity contribution < 1.29 is 0 Å². The molecule has 0 saturated carbocycles. The number of nitrogens with zero attached hydrogens (tertiary/aromatic N) is 4. The number of halogens is 1. The molecule has 16 heavy (non-hydrogen) atoms. The molecule has 90 valence electrons. The second-order valence-corrected chi connectivity index (χ2v) is 4.92. The summed E-state index contributed by atoms with van der Waals surface area (Å²) >= 11 is 7.43. The van der Waals surface area contributed by atoms with Crippen molar-refractivity contribution in [3.05, 3.63) is 11.2 Å². The Hall–Kier alpha value is -0.520. The topological polar surface area (TPSA) is 32.3 Å². The molecule has 1 rings (SSSR count). The number of rotatable bonds is 5. The minimum absolute atomic E-state index is 0.492. The molecule has 0 N–H and O–H groups in total. The molecule has 0 aliphatic rings. The lowest BCUT2D eigenvalue weighted by Crippen LogP contribution is -2.29. The lowest BCUT2D eigenvalue weighted by Gasteiger charge is -2.20. The Morgan fingerprint density at radius 3 is 2.50 bits per heavy atom. The van der Waals surface area contributed by atoms with E-state index in [1.807, 2.05) is 27.4 Å². The highest BCUT2D eigenvalue weighted by Gasteiger charge is 2.07. The van der Waals surface area contributed by atoms with Crippen molar-refractivity contribution in [3.63, 3.8) is 0 Å². The van der Waals surface area contributed by atoms with E-state index in [1.54, 1.807) is 6.07 Å². The van der Waals surface area contributed by atoms with Gasteiger partial charge in [-0.3, -0.25) is 0 Å². The van der Waals surface area contributed by atoms with Gasteiger partial charge in [-0.15, -0.1) is 0 Å². The first-order chi connectivity index (χ1) is 7.52. The summed E-state index contributed by atoms with van der Waals surface area (Å²) in [4.78, 5) is 12.7. The molecule has 0 aromatic carbocycles. The summed E-state index contributed by atoms with van der Waals surface area (Å²) in [6.07, 6.45) is 1.94. The molecular formula is C10H17ClN4S. The normalized spacial score (nSPS) is 10.9. The van der Waals surface area contributed by atoms with Crippen molar-refractivity contribution in [2.45, 2.75) is 5.16 Å². The summed E-state index contributed by atoms with van der Waals surface area (Å²) in [5.41, 5.74) is 0. The number of hydrogen-bond acceptors (Lipinski definition) is 5. The van der Waals surface area contributed by atoms with Crippen LogP contribution in [0.25, 0.3) is 0 Å². The van der Waals surface area contributed by atoms with E-state index in [1.165, 1.54) is 11.8 Å². The summed E-state index contributed by atoms with van der Waals surface area (Å²) in [7, 11) is 6.11. The average Bonchev–Trinajstić information content (AvgIpc) is 2.24. The minimum atomic E-state index is 0.492. The predicted octanol–water partition coefficient (Wildman–Crippen LogP) is 1.85. The molecule has 0 radical (unpaired) electrons. The van der Waals surface area contributed by atoms with Gasteiger partial charge in [-0.25, -0.2) is 9.97 Å². The van der Waals surface area contributed by atoms with Crippen LogP contribution in [0.3, 0.4) is 0 Å². The Balaban J connectivity index is 2.74. The van der Waals surface area contributed by atoms with Crippen LogP contribution in [0.2, 0.25) is 5.15 Å². The highest BCUT2D eigenvalue weighted by atomic mass is 35.5. The Labute approximate surface area is 106 Å². The molecule has 1 heterocycles. The molecule has 0 saturated heterocycles. The van der Waals surface area contributed by atoms with Crippen LogP contribution < -0.4 is 4.90 Å². The Bertz CT molecular complexity index is 346. The fraction of sp³-hybridized carbons (Fsp3) is 0.600. The van der Waals surface area contributed by atoms with Gasteiger partial charge >= 0.3 is 0 Å². The van der Waals surface area contributed by atoms with Crippen LogP contribution in [0.1, 0.15) is 0 Å². The zero-order chi connectivity index (χ0) is 12.1. The fourth-order valence-corrected chi connectivity index (χ4v) is 1.74. The van der Waals surface area contributed by atoms with Gasteiger partial charge in [0.1, 0.15) is 11.0 Å². The van der Waals surface area contributed by atoms with Crippen LogP contribution in [0.4, 0.5) is 5.82 Å². The highest BCUT2D eigenvalue weighted by Crippen LogP contribution is 2.19. The second-order valence-electron chi connectivity index (χ2n) is 3.76. The van der Waals surface area contributed by atoms with Gasteiger partial charge in [0.15, 0.2) is 5.16 Å². The number of likely N-dealkylation sites (N-methyl/N-ethyl adjacent to an activating group) is 2. The molecule has 0 atom stereocenters. The van der Waals surface area contributed by atoms with Gasteiger partial charge in [0.25, 0.3) is 0 Å². The van der Waals surface area contributed by atoms with E-state index in [0.717, 1.165) is 18.9 Å². The first kappa shape index (κ1) is 13.5. The number of thioether (sulfide) groups is 1. The molecule has 6 heteroatoms. The third-order valence-electron chi connectivity index (χ3n) is 2.12. The van der Waals surface area contributed by atoms with Gasteiger partial charge in [0.05, 0.1) is 0 Å². The molecule has 4 nitrogen and oxygen atoms in total. The van der Waals surface area contributed by atoms with Crippen molar-refractivity contribution in [1.82, 2.24) is 14.9 Å². The van der Waals surface area contributed by atoms with Crippen molar-refractivity contribution in [2.75, 3.05) is 45.4 Å². The smallest absolute Gasteiger partial charge is 0.190 e. The van der Waals surface area contributed by atoms with E-state index in [2.05, 4.69) is 19.8 Å². The number of hydrogen-bond donors (Lipinski definition) is 0. The fourth-order valence-electron chi connectivity index (χ4n) is 1.14. The zero-order valence-corrected chi connectivity index (χ0v) is 11.6. The Morgan fingerprint density at radius 2 is 1.94 bits per heavy atom. The number of anilines is 1. The van der Waals surface area contributed by atoms with Gasteiger partial charge < -0.3 is 9.80 Å². The molecular weight excluding hydrogens is 244 g/mol. The quantitative estimate of drug-likeness (QED) is 0.458. The van der Waals surface area contributed by atoms with Crippen LogP contribution in [-0.4, -0.2) is 55.4 Å². The molecule has 0 aliphatic carbocycles. The summed E-state index contributed by atoms with van der Waals surface area (Å²) in [6, 6.07) is 1.79. The maximum atomic E-state index is 5.93. The van der Waals surface area contributed by atoms with Gasteiger partial charge in [-0.05, 0) is 20.4 Å². The molecule has 0 amide bonds. The maximum Gasteiger partial charge on any atom is 0.190 e. The summed E-state index contributed by atoms with van der Waals surface area (Å²) in [6.45, 7) is 1.89. The second kappa shape index (κ2) is 6.27. The van der Waals surface area contributed by atoms with Gasteiger partial charge in [0.2, 0.25) is 0 Å². The summed E-state index contributed by atoms with van der Waals surface area (Å²) in [5.74, 6) is 0.867. The molecule has 0 bridgehead atoms. The Morgan fingerprint density at radius 1 is 1.25 bits per heavy atom. The molecule has 0 spiro atoms. The monoisotopic (exact) mass is 260 g/mol. The summed E-state index contributed by atoms with van der Waals surface area (Å²) < 4.78 is 0. The van der Waals surface area contributed by atoms with E-state index in [-0.39, 0.29) is 0 Å². The van der Waals surface area contributed by atoms with E-state index in [9.17, 15) is 0 Å². The molecule has 0 aliphatic heterocycles. The molecule has 1 aromatic rings. The third kappa shape index (κ3) is 4.15. The number of aromatic nitrogens is 2. The highest BCUT2D eigenvalue weighted by molar-refractivity contribution is 7.98. The van der Waals surface area contributed by atoms with E-state index < -0.39 is 0 Å². The van der Waals surface area contributed by atoms with Crippen LogP contribution in [-0.2, 0) is 0 Å². The standard InChI is InChI=1S/C10H17ClN4S/c1-14(2)5-6-15(3)9-7-8(11)12-10(13-9)16-4/h7H,5-6H2,1-4H3. The minimum Gasteiger partial charge on any atom is -0.358 e. The van der Waals surface area contributed by atoms with Crippen molar-refractivity contribution >= 4 is 29.2 Å². The van der Waals surface area contributed by atoms with E-state index in [0.29, 0.717) is 10.3 Å². The van der Waals surface area contributed by atoms with Crippen molar-refractivity contribution in [3.8, 4) is 0 Å². The lowest BCUT2D eigenvalue weighted by atomic mass is 10.4. The first-order valence-electron chi connectivity index (χ1n) is 4.97. The molecule has 0 unspecified atom stereocenters. The van der Waals surface area contributed by atoms with E-state index >= 15 is 0 Å². The van der Waals surface area contributed by atoms with Crippen LogP contribution in [0.15, 0.2) is 11.2 Å². The van der Waals surface area contributed by atoms with E-state index in [4.69, 9.17) is 11.6 Å². The van der Waals surface area contributed by atoms with Crippen molar-refractivity contribution in [2.24, 2.45) is 0 Å². The van der Waals surface area contributed by atoms with Gasteiger partial charge in [-0.1, -0.05) is 23.4 Å². The van der Waals surface area contributed by atoms with Crippen LogP contribution in [0.5, 0.6) is 0 Å². The lowest BCUT2D eigenvalue weighted by molar-refractivity contribution is 0.416. The molecule has 0 fully saturated rings. The average molecular weight is 261 g/mol. The first-order valence-corrected chi connectivity index (χ1v) is 6.57. The van der Waals surface area contributed by atoms with Gasteiger partial charge in [-0.2, -0.15) is 0 Å². The largest absolute Gasteiger partial charge is 0.358 e. The SMILES string of the molecule is CSc1nc(Cl)cc(N(C)CCN(C)C)n1. The summed E-state index contributed by atoms with van der Waals surface area (Å²) in [5, 5.41) is 1.20. The Kier molecular flexibility index (Phi) is 5.31. The van der Waals surface area contributed by atoms with Crippen molar-refractivity contribution in [1.29, 1.82) is 0 Å². The third-order valence-corrected chi connectivity index (χ3v) is 2.86. The predicted molar refractivity (Wildman–Crippen MR) is 70.6 cm³/mol. The zero-order valence-electron chi connectivity index (χ0n) is 10.1. The van der Waals surface area contributed by atoms with Crippen LogP contribution >= 0.6 is 23.4 Å².